The van der Waals surface area contributed by atoms with Gasteiger partial charge in [-0.1, -0.05) is 32.9 Å². The quantitative estimate of drug-likeness (QED) is 0.657. The van der Waals surface area contributed by atoms with E-state index in [0.717, 1.165) is 24.2 Å². The van der Waals surface area contributed by atoms with Crippen molar-refractivity contribution < 1.29 is 8.82 Å². The number of anilines is 1. The molecule has 1 saturated heterocycles. The molecule has 0 saturated carbocycles. The number of hydrogen-bond donors (Lipinski definition) is 0. The second-order valence-corrected chi connectivity index (χ2v) is 13.4. The minimum absolute atomic E-state index is 0.102. The van der Waals surface area contributed by atoms with Crippen molar-refractivity contribution >= 4 is 14.0 Å². The summed E-state index contributed by atoms with van der Waals surface area (Å²) in [5.41, 5.74) is 2.05. The van der Waals surface area contributed by atoms with E-state index in [1.807, 2.05) is 18.3 Å². The Kier molecular flexibility index (Phi) is 5.22. The van der Waals surface area contributed by atoms with Crippen molar-refractivity contribution in [3.05, 3.63) is 60.2 Å². The average molecular weight is 373 g/mol. The van der Waals surface area contributed by atoms with Crippen molar-refractivity contribution in [3.63, 3.8) is 0 Å². The summed E-state index contributed by atoms with van der Waals surface area (Å²) in [6.07, 6.45) is 4.66. The monoisotopic (exact) mass is 372 g/mol. The molecule has 2 heterocycles. The van der Waals surface area contributed by atoms with Crippen LogP contribution in [0, 0.1) is 5.82 Å². The van der Waals surface area contributed by atoms with Crippen LogP contribution in [0.25, 0.3) is 0 Å². The molecule has 2 atom stereocenters. The van der Waals surface area contributed by atoms with Crippen LogP contribution in [0.2, 0.25) is 18.1 Å². The van der Waals surface area contributed by atoms with Gasteiger partial charge in [-0.15, -0.1) is 0 Å². The van der Waals surface area contributed by atoms with E-state index in [-0.39, 0.29) is 23.0 Å². The van der Waals surface area contributed by atoms with Crippen molar-refractivity contribution in [1.82, 2.24) is 4.98 Å². The highest BCUT2D eigenvalue weighted by atomic mass is 28.4. The zero-order chi connectivity index (χ0) is 18.9. The first-order valence-electron chi connectivity index (χ1n) is 9.27. The average Bonchev–Trinajstić information content (AvgIpc) is 2.98. The van der Waals surface area contributed by atoms with Crippen molar-refractivity contribution in [1.29, 1.82) is 0 Å². The fourth-order valence-corrected chi connectivity index (χ4v) is 4.67. The second kappa shape index (κ2) is 7.12. The third-order valence-electron chi connectivity index (χ3n) is 5.74. The van der Waals surface area contributed by atoms with E-state index in [9.17, 15) is 4.39 Å². The molecule has 1 aliphatic heterocycles. The summed E-state index contributed by atoms with van der Waals surface area (Å²) in [5, 5.41) is 0.170. The van der Waals surface area contributed by atoms with Crippen molar-refractivity contribution in [2.75, 3.05) is 11.4 Å². The van der Waals surface area contributed by atoms with E-state index in [1.165, 1.54) is 6.07 Å². The molecular formula is C21H29FN2OSi. The highest BCUT2D eigenvalue weighted by molar-refractivity contribution is 6.74. The zero-order valence-corrected chi connectivity index (χ0v) is 17.4. The van der Waals surface area contributed by atoms with Gasteiger partial charge < -0.3 is 9.33 Å². The van der Waals surface area contributed by atoms with Gasteiger partial charge in [-0.2, -0.15) is 0 Å². The molecule has 2 aromatic rings. The molecule has 1 aromatic heterocycles. The Morgan fingerprint density at radius 2 is 1.96 bits per heavy atom. The third-order valence-corrected chi connectivity index (χ3v) is 10.3. The number of benzene rings is 1. The van der Waals surface area contributed by atoms with E-state index in [4.69, 9.17) is 4.43 Å². The van der Waals surface area contributed by atoms with E-state index < -0.39 is 8.32 Å². The van der Waals surface area contributed by atoms with Gasteiger partial charge in [-0.05, 0) is 54.4 Å². The van der Waals surface area contributed by atoms with Crippen molar-refractivity contribution in [2.24, 2.45) is 0 Å². The molecule has 3 rings (SSSR count). The van der Waals surface area contributed by atoms with Gasteiger partial charge in [-0.3, -0.25) is 4.98 Å². The summed E-state index contributed by atoms with van der Waals surface area (Å²) in [4.78, 5) is 6.57. The van der Waals surface area contributed by atoms with Crippen LogP contribution in [0.1, 0.15) is 38.8 Å². The summed E-state index contributed by atoms with van der Waals surface area (Å²) in [7, 11) is -1.86. The summed E-state index contributed by atoms with van der Waals surface area (Å²) in [6.45, 7) is 12.2. The lowest BCUT2D eigenvalue weighted by Gasteiger charge is -2.38. The predicted molar refractivity (Wildman–Crippen MR) is 107 cm³/mol. The highest BCUT2D eigenvalue weighted by Crippen LogP contribution is 2.42. The molecule has 1 aliphatic rings. The zero-order valence-electron chi connectivity index (χ0n) is 16.4. The first-order valence-corrected chi connectivity index (χ1v) is 12.2. The fourth-order valence-electron chi connectivity index (χ4n) is 3.32. The highest BCUT2D eigenvalue weighted by Gasteiger charge is 2.43. The standard InChI is InChI=1S/C21H29FN2OSi/c1-21(2,3)26(4,5)25-19-13-20(16-8-6-9-17(22)12-16)24(15-19)18-10-7-11-23-14-18/h6-12,14,19-20H,13,15H2,1-5H3/t19-,20-/m1/s1. The molecule has 1 aromatic carbocycles. The predicted octanol–water partition coefficient (Wildman–Crippen LogP) is 5.56. The lowest BCUT2D eigenvalue weighted by Crippen LogP contribution is -2.44. The maximum absolute atomic E-state index is 13.8. The first kappa shape index (κ1) is 19.0. The van der Waals surface area contributed by atoms with Crippen molar-refractivity contribution in [2.45, 2.75) is 57.5 Å². The van der Waals surface area contributed by atoms with E-state index in [1.54, 1.807) is 18.3 Å². The fraction of sp³-hybridized carbons (Fsp3) is 0.476. The Bertz CT molecular complexity index is 745. The summed E-state index contributed by atoms with van der Waals surface area (Å²) in [6, 6.07) is 11.0. The topological polar surface area (TPSA) is 25.4 Å². The molecular weight excluding hydrogens is 343 g/mol. The molecule has 3 nitrogen and oxygen atoms in total. The Hall–Kier alpha value is -1.72. The maximum atomic E-state index is 13.8. The summed E-state index contributed by atoms with van der Waals surface area (Å²) >= 11 is 0. The van der Waals surface area contributed by atoms with Gasteiger partial charge in [0, 0.05) is 12.7 Å². The smallest absolute Gasteiger partial charge is 0.192 e. The lowest BCUT2D eigenvalue weighted by atomic mass is 10.0. The van der Waals surface area contributed by atoms with Gasteiger partial charge in [0.05, 0.1) is 24.0 Å². The summed E-state index contributed by atoms with van der Waals surface area (Å²) < 4.78 is 20.5. The van der Waals surface area contributed by atoms with Crippen LogP contribution >= 0.6 is 0 Å². The van der Waals surface area contributed by atoms with Crippen LogP contribution in [0.3, 0.4) is 0 Å². The largest absolute Gasteiger partial charge is 0.412 e. The Morgan fingerprint density at radius 3 is 2.58 bits per heavy atom. The van der Waals surface area contributed by atoms with Gasteiger partial charge >= 0.3 is 0 Å². The molecule has 26 heavy (non-hydrogen) atoms. The number of nitrogens with zero attached hydrogens (tertiary/aromatic N) is 2. The molecule has 0 bridgehead atoms. The van der Waals surface area contributed by atoms with E-state index in [0.29, 0.717) is 0 Å². The SMILES string of the molecule is CC(C)(C)[Si](C)(C)O[C@@H]1C[C@H](c2cccc(F)c2)N(c2cccnc2)C1. The van der Waals surface area contributed by atoms with E-state index in [2.05, 4.69) is 49.8 Å². The van der Waals surface area contributed by atoms with E-state index >= 15 is 0 Å². The molecule has 140 valence electrons. The van der Waals surface area contributed by atoms with Crippen molar-refractivity contribution in [3.8, 4) is 0 Å². The Balaban J connectivity index is 1.89. The van der Waals surface area contributed by atoms with Gasteiger partial charge in [-0.25, -0.2) is 4.39 Å². The molecule has 0 radical (unpaired) electrons. The summed E-state index contributed by atoms with van der Waals surface area (Å²) in [5.74, 6) is -0.192. The minimum atomic E-state index is -1.86. The number of rotatable bonds is 4. The Labute approximate surface area is 157 Å². The molecule has 0 N–H and O–H groups in total. The van der Waals surface area contributed by atoms with Crippen LogP contribution in [0.4, 0.5) is 10.1 Å². The van der Waals surface area contributed by atoms with Crippen LogP contribution in [0.5, 0.6) is 0 Å². The number of halogens is 1. The molecule has 1 fully saturated rings. The number of pyridine rings is 1. The maximum Gasteiger partial charge on any atom is 0.192 e. The van der Waals surface area contributed by atoms with Crippen LogP contribution in [0.15, 0.2) is 48.8 Å². The Morgan fingerprint density at radius 1 is 1.19 bits per heavy atom. The van der Waals surface area contributed by atoms with Crippen LogP contribution in [-0.4, -0.2) is 26.0 Å². The normalized spacial score (nSPS) is 21.2. The van der Waals surface area contributed by atoms with Gasteiger partial charge in [0.2, 0.25) is 0 Å². The third kappa shape index (κ3) is 3.99. The lowest BCUT2D eigenvalue weighted by molar-refractivity contribution is 0.198. The minimum Gasteiger partial charge on any atom is -0.412 e. The molecule has 5 heteroatoms. The van der Waals surface area contributed by atoms with Gasteiger partial charge in [0.25, 0.3) is 0 Å². The molecule has 0 unspecified atom stereocenters. The molecule has 0 aliphatic carbocycles. The molecule has 0 spiro atoms. The van der Waals surface area contributed by atoms with Crippen LogP contribution < -0.4 is 4.90 Å². The van der Waals surface area contributed by atoms with Gasteiger partial charge in [0.1, 0.15) is 5.82 Å². The number of hydrogen-bond acceptors (Lipinski definition) is 3. The molecule has 0 amide bonds. The van der Waals surface area contributed by atoms with Crippen LogP contribution in [-0.2, 0) is 4.43 Å². The first-order chi connectivity index (χ1) is 12.2. The number of aromatic nitrogens is 1. The van der Waals surface area contributed by atoms with Gasteiger partial charge in [0.15, 0.2) is 8.32 Å². The second-order valence-electron chi connectivity index (χ2n) is 8.67.